The number of hydrogen-bond acceptors (Lipinski definition) is 3. The Kier molecular flexibility index (Phi) is 2.92. The van der Waals surface area contributed by atoms with Crippen molar-refractivity contribution in [2.45, 2.75) is 18.9 Å². The fraction of sp³-hybridized carbons (Fsp3) is 0.357. The maximum atomic E-state index is 5.87. The molecule has 3 heteroatoms. The summed E-state index contributed by atoms with van der Waals surface area (Å²) in [5.74, 6) is 0.718. The first-order valence-electron chi connectivity index (χ1n) is 6.02. The van der Waals surface area contributed by atoms with Crippen molar-refractivity contribution in [1.82, 2.24) is 4.98 Å². The van der Waals surface area contributed by atoms with Gasteiger partial charge in [-0.2, -0.15) is 0 Å². The molecule has 2 heterocycles. The van der Waals surface area contributed by atoms with Crippen molar-refractivity contribution < 1.29 is 9.47 Å². The lowest BCUT2D eigenvalue weighted by molar-refractivity contribution is 0.0239. The average Bonchev–Trinajstić information content (AvgIpc) is 2.40. The molecule has 0 spiro atoms. The van der Waals surface area contributed by atoms with Crippen LogP contribution >= 0.6 is 0 Å². The van der Waals surface area contributed by atoms with Gasteiger partial charge >= 0.3 is 0 Å². The van der Waals surface area contributed by atoms with Crippen LogP contribution in [0, 0.1) is 0 Å². The summed E-state index contributed by atoms with van der Waals surface area (Å²) in [4.78, 5) is 4.51. The Labute approximate surface area is 100 Å². The molecular formula is C14H15NO2. The predicted octanol–water partition coefficient (Wildman–Crippen LogP) is 2.79. The lowest BCUT2D eigenvalue weighted by Crippen LogP contribution is -2.26. The molecule has 0 radical (unpaired) electrons. The highest BCUT2D eigenvalue weighted by atomic mass is 16.5. The number of rotatable bonds is 2. The van der Waals surface area contributed by atoms with Crippen LogP contribution in [0.4, 0.5) is 0 Å². The highest BCUT2D eigenvalue weighted by Crippen LogP contribution is 2.19. The summed E-state index contributed by atoms with van der Waals surface area (Å²) in [5.41, 5.74) is 0.983. The maximum absolute atomic E-state index is 5.87. The van der Waals surface area contributed by atoms with E-state index in [-0.39, 0.29) is 6.10 Å². The van der Waals surface area contributed by atoms with E-state index in [0.29, 0.717) is 0 Å². The van der Waals surface area contributed by atoms with Crippen LogP contribution in [0.2, 0.25) is 0 Å². The lowest BCUT2D eigenvalue weighted by atomic mass is 10.1. The van der Waals surface area contributed by atoms with Gasteiger partial charge in [0.15, 0.2) is 0 Å². The molecule has 88 valence electrons. The van der Waals surface area contributed by atoms with Gasteiger partial charge in [0.1, 0.15) is 6.10 Å². The minimum absolute atomic E-state index is 0.248. The quantitative estimate of drug-likeness (QED) is 0.793. The predicted molar refractivity (Wildman–Crippen MR) is 66.2 cm³/mol. The molecule has 1 aromatic carbocycles. The Morgan fingerprint density at radius 1 is 1.06 bits per heavy atom. The molecule has 17 heavy (non-hydrogen) atoms. The third-order valence-electron chi connectivity index (χ3n) is 3.03. The zero-order chi connectivity index (χ0) is 11.5. The van der Waals surface area contributed by atoms with Crippen molar-refractivity contribution in [3.05, 3.63) is 36.4 Å². The van der Waals surface area contributed by atoms with Gasteiger partial charge in [0.05, 0.1) is 18.7 Å². The molecule has 2 aromatic rings. The van der Waals surface area contributed by atoms with Crippen molar-refractivity contribution in [3.8, 4) is 5.88 Å². The normalized spacial score (nSPS) is 17.2. The van der Waals surface area contributed by atoms with Crippen LogP contribution in [0.3, 0.4) is 0 Å². The zero-order valence-electron chi connectivity index (χ0n) is 9.63. The summed E-state index contributed by atoms with van der Waals surface area (Å²) in [7, 11) is 0. The van der Waals surface area contributed by atoms with Crippen molar-refractivity contribution in [2.24, 2.45) is 0 Å². The van der Waals surface area contributed by atoms with Gasteiger partial charge in [-0.1, -0.05) is 18.2 Å². The van der Waals surface area contributed by atoms with Gasteiger partial charge in [-0.25, -0.2) is 4.98 Å². The summed E-state index contributed by atoms with van der Waals surface area (Å²) in [6.07, 6.45) is 2.15. The number of benzene rings is 1. The molecule has 1 aromatic heterocycles. The van der Waals surface area contributed by atoms with E-state index in [0.717, 1.165) is 42.8 Å². The maximum Gasteiger partial charge on any atom is 0.214 e. The van der Waals surface area contributed by atoms with Crippen LogP contribution < -0.4 is 4.74 Å². The number of fused-ring (bicyclic) bond motifs is 1. The van der Waals surface area contributed by atoms with Crippen LogP contribution in [0.1, 0.15) is 12.8 Å². The second kappa shape index (κ2) is 4.72. The molecule has 3 rings (SSSR count). The Morgan fingerprint density at radius 3 is 2.76 bits per heavy atom. The third kappa shape index (κ3) is 2.39. The SMILES string of the molecule is c1ccc2nc(OC3CCOCC3)ccc2c1. The molecule has 1 aliphatic rings. The molecular weight excluding hydrogens is 214 g/mol. The van der Waals surface area contributed by atoms with Crippen molar-refractivity contribution >= 4 is 10.9 Å². The van der Waals surface area contributed by atoms with Crippen LogP contribution in [0.25, 0.3) is 10.9 Å². The van der Waals surface area contributed by atoms with E-state index < -0.39 is 0 Å². The fourth-order valence-electron chi connectivity index (χ4n) is 2.08. The average molecular weight is 229 g/mol. The van der Waals surface area contributed by atoms with Gasteiger partial charge in [0.25, 0.3) is 0 Å². The van der Waals surface area contributed by atoms with Gasteiger partial charge in [-0.15, -0.1) is 0 Å². The molecule has 0 saturated carbocycles. The van der Waals surface area contributed by atoms with Gasteiger partial charge in [0.2, 0.25) is 5.88 Å². The highest BCUT2D eigenvalue weighted by Gasteiger charge is 2.15. The minimum atomic E-state index is 0.248. The topological polar surface area (TPSA) is 31.4 Å². The van der Waals surface area contributed by atoms with Crippen LogP contribution in [0.15, 0.2) is 36.4 Å². The molecule has 0 aliphatic carbocycles. The molecule has 0 N–H and O–H groups in total. The van der Waals surface area contributed by atoms with E-state index in [4.69, 9.17) is 9.47 Å². The van der Waals surface area contributed by atoms with E-state index in [1.54, 1.807) is 0 Å². The van der Waals surface area contributed by atoms with E-state index in [1.165, 1.54) is 0 Å². The Morgan fingerprint density at radius 2 is 1.88 bits per heavy atom. The monoisotopic (exact) mass is 229 g/mol. The van der Waals surface area contributed by atoms with Crippen molar-refractivity contribution in [2.75, 3.05) is 13.2 Å². The summed E-state index contributed by atoms with van der Waals surface area (Å²) < 4.78 is 11.2. The van der Waals surface area contributed by atoms with E-state index >= 15 is 0 Å². The fourth-order valence-corrected chi connectivity index (χ4v) is 2.08. The lowest BCUT2D eigenvalue weighted by Gasteiger charge is -2.22. The van der Waals surface area contributed by atoms with Crippen LogP contribution in [-0.4, -0.2) is 24.3 Å². The standard InChI is InChI=1S/C14H15NO2/c1-2-4-13-11(3-1)5-6-14(15-13)17-12-7-9-16-10-8-12/h1-6,12H,7-10H2. The number of nitrogens with zero attached hydrogens (tertiary/aromatic N) is 1. The smallest absolute Gasteiger partial charge is 0.214 e. The Bertz CT molecular complexity index is 506. The number of ether oxygens (including phenoxy) is 2. The molecule has 3 nitrogen and oxygen atoms in total. The largest absolute Gasteiger partial charge is 0.474 e. The van der Waals surface area contributed by atoms with Gasteiger partial charge in [-0.3, -0.25) is 0 Å². The summed E-state index contributed by atoms with van der Waals surface area (Å²) in [6.45, 7) is 1.58. The third-order valence-corrected chi connectivity index (χ3v) is 3.03. The van der Waals surface area contributed by atoms with Gasteiger partial charge in [-0.05, 0) is 12.1 Å². The van der Waals surface area contributed by atoms with Gasteiger partial charge < -0.3 is 9.47 Å². The molecule has 0 bridgehead atoms. The van der Waals surface area contributed by atoms with Gasteiger partial charge in [0, 0.05) is 24.3 Å². The summed E-state index contributed by atoms with van der Waals surface area (Å²) >= 11 is 0. The van der Waals surface area contributed by atoms with E-state index in [2.05, 4.69) is 17.1 Å². The second-order valence-electron chi connectivity index (χ2n) is 4.27. The number of para-hydroxylation sites is 1. The molecule has 1 fully saturated rings. The molecule has 0 amide bonds. The Hall–Kier alpha value is -1.61. The summed E-state index contributed by atoms with van der Waals surface area (Å²) in [6, 6.07) is 12.1. The minimum Gasteiger partial charge on any atom is -0.474 e. The molecule has 0 atom stereocenters. The van der Waals surface area contributed by atoms with Crippen LogP contribution in [0.5, 0.6) is 5.88 Å². The molecule has 1 aliphatic heterocycles. The Balaban J connectivity index is 1.80. The van der Waals surface area contributed by atoms with Crippen LogP contribution in [-0.2, 0) is 4.74 Å². The van der Waals surface area contributed by atoms with Crippen molar-refractivity contribution in [3.63, 3.8) is 0 Å². The molecule has 1 saturated heterocycles. The number of aromatic nitrogens is 1. The first-order chi connectivity index (χ1) is 8.42. The van der Waals surface area contributed by atoms with Crippen molar-refractivity contribution in [1.29, 1.82) is 0 Å². The summed E-state index contributed by atoms with van der Waals surface area (Å²) in [5, 5.41) is 1.15. The zero-order valence-corrected chi connectivity index (χ0v) is 9.63. The second-order valence-corrected chi connectivity index (χ2v) is 4.27. The first kappa shape index (κ1) is 10.5. The first-order valence-corrected chi connectivity index (χ1v) is 6.02. The highest BCUT2D eigenvalue weighted by molar-refractivity contribution is 5.78. The number of hydrogen-bond donors (Lipinski definition) is 0. The van der Waals surface area contributed by atoms with E-state index in [1.807, 2.05) is 24.3 Å². The molecule has 0 unspecified atom stereocenters. The number of pyridine rings is 1. The van der Waals surface area contributed by atoms with E-state index in [9.17, 15) is 0 Å².